The summed E-state index contributed by atoms with van der Waals surface area (Å²) in [4.78, 5) is 0.126. The molecular weight excluding hydrogens is 331 g/mol. The molecule has 18 heavy (non-hydrogen) atoms. The molecule has 3 heteroatoms. The zero-order valence-electron chi connectivity index (χ0n) is 9.96. The third-order valence-corrected chi connectivity index (χ3v) is 4.29. The molecule has 0 aliphatic carbocycles. The second-order valence-corrected chi connectivity index (χ2v) is 6.21. The van der Waals surface area contributed by atoms with Crippen molar-refractivity contribution in [3.8, 4) is 0 Å². The molecule has 0 N–H and O–H groups in total. The molecule has 2 aromatic rings. The quantitative estimate of drug-likeness (QED) is 0.601. The van der Waals surface area contributed by atoms with E-state index >= 15 is 0 Å². The maximum absolute atomic E-state index is 6.20. The summed E-state index contributed by atoms with van der Waals surface area (Å²) in [6, 6.07) is 14.1. The minimum absolute atomic E-state index is 0.126. The molecule has 0 fully saturated rings. The van der Waals surface area contributed by atoms with E-state index in [1.807, 2.05) is 18.2 Å². The summed E-state index contributed by atoms with van der Waals surface area (Å²) in [5.41, 5.74) is 3.49. The Labute approximate surface area is 126 Å². The lowest BCUT2D eigenvalue weighted by Gasteiger charge is -2.14. The first-order valence-corrected chi connectivity index (χ1v) is 7.38. The van der Waals surface area contributed by atoms with Gasteiger partial charge < -0.3 is 0 Å². The van der Waals surface area contributed by atoms with Crippen molar-refractivity contribution >= 4 is 39.1 Å². The molecule has 2 rings (SSSR count). The van der Waals surface area contributed by atoms with Gasteiger partial charge >= 0.3 is 0 Å². The van der Waals surface area contributed by atoms with Crippen LogP contribution in [0.15, 0.2) is 42.5 Å². The molecule has 1 atom stereocenters. The van der Waals surface area contributed by atoms with Crippen LogP contribution in [0.25, 0.3) is 0 Å². The van der Waals surface area contributed by atoms with Gasteiger partial charge in [0, 0.05) is 20.4 Å². The fourth-order valence-corrected chi connectivity index (χ4v) is 3.63. The second kappa shape index (κ2) is 6.10. The fraction of sp³-hybridized carbons (Fsp3) is 0.200. The monoisotopic (exact) mass is 342 g/mol. The number of hydrogen-bond acceptors (Lipinski definition) is 0. The zero-order chi connectivity index (χ0) is 13.1. The number of benzene rings is 2. The summed E-state index contributed by atoms with van der Waals surface area (Å²) in [6.45, 7) is 2.08. The fourth-order valence-electron chi connectivity index (χ4n) is 1.84. The Morgan fingerprint density at radius 1 is 1.00 bits per heavy atom. The molecule has 0 spiro atoms. The zero-order valence-corrected chi connectivity index (χ0v) is 13.1. The molecule has 0 aromatic heterocycles. The highest BCUT2D eigenvalue weighted by atomic mass is 79.9. The molecule has 2 aromatic carbocycles. The summed E-state index contributed by atoms with van der Waals surface area (Å²) < 4.78 is 0. The molecule has 0 nitrogen and oxygen atoms in total. The van der Waals surface area contributed by atoms with Gasteiger partial charge in [-0.15, -0.1) is 0 Å². The van der Waals surface area contributed by atoms with Gasteiger partial charge in [-0.1, -0.05) is 75.0 Å². The van der Waals surface area contributed by atoms with Gasteiger partial charge in [0.2, 0.25) is 0 Å². The first kappa shape index (κ1) is 13.9. The van der Waals surface area contributed by atoms with Crippen LogP contribution < -0.4 is 0 Å². The van der Waals surface area contributed by atoms with Crippen molar-refractivity contribution in [3.63, 3.8) is 0 Å². The van der Waals surface area contributed by atoms with Crippen molar-refractivity contribution in [1.29, 1.82) is 0 Å². The maximum atomic E-state index is 6.20. The van der Waals surface area contributed by atoms with Crippen LogP contribution in [0.3, 0.4) is 0 Å². The number of aryl methyl sites for hydroxylation is 1. The molecule has 0 amide bonds. The van der Waals surface area contributed by atoms with Gasteiger partial charge in [0.05, 0.1) is 0 Å². The Balaban J connectivity index is 2.22. The summed E-state index contributed by atoms with van der Waals surface area (Å²) in [6.07, 6.45) is 0.865. The third-order valence-electron chi connectivity index (χ3n) is 2.85. The minimum atomic E-state index is 0.126. The van der Waals surface area contributed by atoms with Gasteiger partial charge in [-0.2, -0.15) is 0 Å². The average Bonchev–Trinajstić information content (AvgIpc) is 2.32. The summed E-state index contributed by atoms with van der Waals surface area (Å²) in [5.74, 6) is 0. The largest absolute Gasteiger partial charge is 0.0839 e. The smallest absolute Gasteiger partial charge is 0.0465 e. The number of halogens is 3. The van der Waals surface area contributed by atoms with Gasteiger partial charge in [0.15, 0.2) is 0 Å². The highest BCUT2D eigenvalue weighted by Gasteiger charge is 2.15. The summed E-state index contributed by atoms with van der Waals surface area (Å²) in [5, 5.41) is 1.41. The van der Waals surface area contributed by atoms with E-state index in [1.54, 1.807) is 0 Å². The molecule has 0 saturated carbocycles. The Bertz CT molecular complexity index is 514. The summed E-state index contributed by atoms with van der Waals surface area (Å²) in [7, 11) is 0. The van der Waals surface area contributed by atoms with Crippen LogP contribution in [0.1, 0.15) is 21.5 Å². The Morgan fingerprint density at radius 3 is 2.11 bits per heavy atom. The van der Waals surface area contributed by atoms with E-state index in [1.165, 1.54) is 11.1 Å². The van der Waals surface area contributed by atoms with Crippen molar-refractivity contribution in [1.82, 2.24) is 0 Å². The molecule has 0 heterocycles. The number of alkyl halides is 1. The van der Waals surface area contributed by atoms with E-state index in [9.17, 15) is 0 Å². The highest BCUT2D eigenvalue weighted by Crippen LogP contribution is 2.37. The first-order chi connectivity index (χ1) is 8.58. The number of rotatable bonds is 3. The second-order valence-electron chi connectivity index (χ2n) is 4.29. The predicted molar refractivity (Wildman–Crippen MR) is 83.0 cm³/mol. The topological polar surface area (TPSA) is 0 Å². The lowest BCUT2D eigenvalue weighted by molar-refractivity contribution is 0.948. The molecule has 0 aliphatic rings. The van der Waals surface area contributed by atoms with Crippen LogP contribution in [0, 0.1) is 6.92 Å². The van der Waals surface area contributed by atoms with E-state index in [4.69, 9.17) is 23.2 Å². The van der Waals surface area contributed by atoms with E-state index in [-0.39, 0.29) is 4.83 Å². The Hall–Kier alpha value is -0.500. The van der Waals surface area contributed by atoms with Gasteiger partial charge in [0.1, 0.15) is 0 Å². The molecule has 0 radical (unpaired) electrons. The highest BCUT2D eigenvalue weighted by molar-refractivity contribution is 9.09. The molecule has 1 unspecified atom stereocenters. The maximum Gasteiger partial charge on any atom is 0.0465 e. The lowest BCUT2D eigenvalue weighted by Crippen LogP contribution is -1.97. The van der Waals surface area contributed by atoms with Crippen molar-refractivity contribution in [2.45, 2.75) is 18.2 Å². The van der Waals surface area contributed by atoms with Crippen molar-refractivity contribution < 1.29 is 0 Å². The van der Waals surface area contributed by atoms with Crippen molar-refractivity contribution in [2.24, 2.45) is 0 Å². The first-order valence-electron chi connectivity index (χ1n) is 5.71. The normalized spacial score (nSPS) is 12.4. The van der Waals surface area contributed by atoms with Gasteiger partial charge in [0.25, 0.3) is 0 Å². The van der Waals surface area contributed by atoms with Crippen molar-refractivity contribution in [2.75, 3.05) is 0 Å². The van der Waals surface area contributed by atoms with Crippen LogP contribution in [0.2, 0.25) is 10.0 Å². The standard InChI is InChI=1S/C15H13BrCl2/c1-10-5-7-11(8-6-10)9-12(16)15-13(17)3-2-4-14(15)18/h2-8,12H,9H2,1H3. The molecule has 0 saturated heterocycles. The van der Waals surface area contributed by atoms with Crippen LogP contribution >= 0.6 is 39.1 Å². The molecular formula is C15H13BrCl2. The van der Waals surface area contributed by atoms with Gasteiger partial charge in [-0.05, 0) is 31.0 Å². The van der Waals surface area contributed by atoms with Crippen LogP contribution in [-0.4, -0.2) is 0 Å². The van der Waals surface area contributed by atoms with E-state index in [0.717, 1.165) is 12.0 Å². The third kappa shape index (κ3) is 3.28. The lowest BCUT2D eigenvalue weighted by atomic mass is 10.0. The minimum Gasteiger partial charge on any atom is -0.0839 e. The van der Waals surface area contributed by atoms with E-state index in [0.29, 0.717) is 10.0 Å². The Kier molecular flexibility index (Phi) is 4.71. The van der Waals surface area contributed by atoms with Crippen LogP contribution in [0.4, 0.5) is 0 Å². The molecule has 0 aliphatic heterocycles. The van der Waals surface area contributed by atoms with Crippen molar-refractivity contribution in [3.05, 3.63) is 69.2 Å². The van der Waals surface area contributed by atoms with Gasteiger partial charge in [-0.25, -0.2) is 0 Å². The van der Waals surface area contributed by atoms with E-state index in [2.05, 4.69) is 47.1 Å². The number of hydrogen-bond donors (Lipinski definition) is 0. The van der Waals surface area contributed by atoms with Gasteiger partial charge in [-0.3, -0.25) is 0 Å². The molecule has 0 bridgehead atoms. The predicted octanol–water partition coefficient (Wildman–Crippen LogP) is 5.98. The SMILES string of the molecule is Cc1ccc(CC(Br)c2c(Cl)cccc2Cl)cc1. The Morgan fingerprint density at radius 2 is 1.56 bits per heavy atom. The van der Waals surface area contributed by atoms with E-state index < -0.39 is 0 Å². The van der Waals surface area contributed by atoms with Crippen LogP contribution in [-0.2, 0) is 6.42 Å². The average molecular weight is 344 g/mol. The van der Waals surface area contributed by atoms with Crippen LogP contribution in [0.5, 0.6) is 0 Å². The summed E-state index contributed by atoms with van der Waals surface area (Å²) >= 11 is 16.1. The molecule has 94 valence electrons.